The van der Waals surface area contributed by atoms with Gasteiger partial charge >= 0.3 is 0 Å². The van der Waals surface area contributed by atoms with Crippen LogP contribution in [0, 0.1) is 11.8 Å². The Kier molecular flexibility index (Phi) is 235. The largest absolute Gasteiger partial charge is 0.396 e. The lowest BCUT2D eigenvalue weighted by molar-refractivity contribution is -0.126. The Morgan fingerprint density at radius 3 is 0.671 bits per heavy atom. The Morgan fingerprint density at radius 1 is 0.575 bits per heavy atom. The van der Waals surface area contributed by atoms with Crippen molar-refractivity contribution in [1.29, 1.82) is 0 Å². The van der Waals surface area contributed by atoms with Crippen LogP contribution in [0.4, 0.5) is 17.6 Å². The fourth-order valence-corrected chi connectivity index (χ4v) is 0. The molecule has 0 aliphatic rings. The normalized spacial score (nSPS) is 8.12. The molecule has 0 fully saturated rings. The summed E-state index contributed by atoms with van der Waals surface area (Å²) in [5.74, 6) is -3.02. The van der Waals surface area contributed by atoms with E-state index in [0.29, 0.717) is 6.61 Å². The van der Waals surface area contributed by atoms with Gasteiger partial charge < -0.3 is 39.8 Å². The molecule has 14 heteroatoms. The number of nitrogens with zero attached hydrogens (tertiary/aromatic N) is 1. The summed E-state index contributed by atoms with van der Waals surface area (Å²) < 4.78 is 52.9. The van der Waals surface area contributed by atoms with E-state index in [1.807, 2.05) is 34.6 Å². The first kappa shape index (κ1) is 139. The molecule has 0 saturated carbocycles. The number of ether oxygens (including phenoxy) is 2. The van der Waals surface area contributed by atoms with Crippen molar-refractivity contribution in [2.45, 2.75) is 313 Å². The van der Waals surface area contributed by atoms with Crippen LogP contribution < -0.4 is 5.32 Å². The van der Waals surface area contributed by atoms with Crippen molar-refractivity contribution in [1.82, 2.24) is 10.2 Å². The van der Waals surface area contributed by atoms with E-state index in [-0.39, 0.29) is 54.7 Å². The van der Waals surface area contributed by atoms with Crippen LogP contribution >= 0.6 is 0 Å². The van der Waals surface area contributed by atoms with Crippen molar-refractivity contribution in [3.8, 4) is 0 Å². The smallest absolute Gasteiger partial charge is 0.242 e. The molecule has 0 heterocycles. The third kappa shape index (κ3) is 2210. The van der Waals surface area contributed by atoms with Crippen molar-refractivity contribution < 1.29 is 56.7 Å². The van der Waals surface area contributed by atoms with Crippen LogP contribution in [0.25, 0.3) is 0 Å². The molecular weight excluding hydrogens is 941 g/mol. The predicted molar refractivity (Wildman–Crippen MR) is 333 cm³/mol. The van der Waals surface area contributed by atoms with Gasteiger partial charge in [-0.1, -0.05) is 180 Å². The molecule has 2 amide bonds. The Balaban J connectivity index is -0.0000000208. The zero-order valence-electron chi connectivity index (χ0n) is 52.9. The van der Waals surface area contributed by atoms with Crippen molar-refractivity contribution in [2.75, 3.05) is 55.7 Å². The van der Waals surface area contributed by atoms with Crippen molar-refractivity contribution in [2.24, 2.45) is 11.8 Å². The molecule has 0 aromatic rings. The minimum atomic E-state index is -2.50. The number of carbonyl (C=O) groups excluding carboxylic acids is 3. The van der Waals surface area contributed by atoms with Gasteiger partial charge in [-0.2, -0.15) is 0 Å². The van der Waals surface area contributed by atoms with E-state index in [4.69, 9.17) is 15.3 Å². The first-order valence-corrected chi connectivity index (χ1v) is 24.7. The number of ketones is 1. The van der Waals surface area contributed by atoms with E-state index in [2.05, 4.69) is 97.9 Å². The number of unbranched alkanes of at least 4 members (excludes halogenated alkanes) is 1. The summed E-state index contributed by atoms with van der Waals surface area (Å²) in [6.07, 6.45) is 8.15. The van der Waals surface area contributed by atoms with Crippen LogP contribution in [0.15, 0.2) is 0 Å². The van der Waals surface area contributed by atoms with Crippen LogP contribution in [-0.2, 0) is 23.9 Å². The number of hydrogen-bond donors (Lipinski definition) is 4. The van der Waals surface area contributed by atoms with Crippen LogP contribution in [0.2, 0.25) is 0 Å². The van der Waals surface area contributed by atoms with Gasteiger partial charge in [0.05, 0.1) is 11.2 Å². The number of halogens is 4. The second-order valence-corrected chi connectivity index (χ2v) is 17.8. The topological polar surface area (TPSA) is 146 Å². The maximum absolute atomic E-state index is 11.0. The third-order valence-electron chi connectivity index (χ3n) is 3.68. The van der Waals surface area contributed by atoms with Gasteiger partial charge in [0.25, 0.3) is 0 Å². The summed E-state index contributed by atoms with van der Waals surface area (Å²) in [6.45, 7) is 55.3. The molecular formula is C59H152F4N2O8. The molecule has 474 valence electrons. The van der Waals surface area contributed by atoms with Crippen molar-refractivity contribution in [3.05, 3.63) is 0 Å². The summed E-state index contributed by atoms with van der Waals surface area (Å²) in [7, 11) is 9.98. The number of amides is 2. The highest BCUT2D eigenvalue weighted by Gasteiger charge is 2.09. The summed E-state index contributed by atoms with van der Waals surface area (Å²) in [5.41, 5.74) is -0.958. The quantitative estimate of drug-likeness (QED) is 0.199. The molecule has 0 bridgehead atoms. The van der Waals surface area contributed by atoms with Gasteiger partial charge in [-0.3, -0.25) is 9.59 Å². The zero-order valence-corrected chi connectivity index (χ0v) is 52.9. The third-order valence-corrected chi connectivity index (χ3v) is 3.68. The number of nitrogens with one attached hydrogen (secondary N) is 1. The molecule has 0 saturated heterocycles. The average Bonchev–Trinajstić information content (AvgIpc) is 3.15. The maximum Gasteiger partial charge on any atom is 0.242 e. The average molecular weight is 1090 g/mol. The molecule has 0 aliphatic heterocycles. The molecule has 0 aliphatic carbocycles. The summed E-state index contributed by atoms with van der Waals surface area (Å²) in [6, 6.07) is 0. The molecule has 0 aromatic heterocycles. The highest BCUT2D eigenvalue weighted by atomic mass is 19.3. The minimum Gasteiger partial charge on any atom is -0.396 e. The number of hydrogen-bond acceptors (Lipinski definition) is 8. The lowest BCUT2D eigenvalue weighted by atomic mass is 10.1. The van der Waals surface area contributed by atoms with Crippen LogP contribution in [-0.4, -0.2) is 117 Å². The van der Waals surface area contributed by atoms with Crippen LogP contribution in [0.3, 0.4) is 0 Å². The Morgan fingerprint density at radius 2 is 0.671 bits per heavy atom. The van der Waals surface area contributed by atoms with E-state index in [0.717, 1.165) is 59.0 Å². The number of alkyl halides is 4. The van der Waals surface area contributed by atoms with Gasteiger partial charge in [0.2, 0.25) is 23.7 Å². The van der Waals surface area contributed by atoms with E-state index in [1.165, 1.54) is 64.7 Å². The van der Waals surface area contributed by atoms with E-state index >= 15 is 0 Å². The molecule has 0 unspecified atom stereocenters. The monoisotopic (exact) mass is 1090 g/mol. The number of Topliss-reactive ketones (excluding diaryl/α,β-unsaturated/α-hetero) is 1. The van der Waals surface area contributed by atoms with Gasteiger partial charge in [0.1, 0.15) is 5.78 Å². The summed E-state index contributed by atoms with van der Waals surface area (Å²) >= 11 is 0. The highest BCUT2D eigenvalue weighted by Crippen LogP contribution is 2.07. The lowest BCUT2D eigenvalue weighted by Gasteiger charge is -2.11. The Labute approximate surface area is 463 Å². The van der Waals surface area contributed by atoms with E-state index < -0.39 is 23.0 Å². The van der Waals surface area contributed by atoms with E-state index in [9.17, 15) is 31.9 Å². The molecule has 0 radical (unpaired) electrons. The van der Waals surface area contributed by atoms with Crippen LogP contribution in [0.1, 0.15) is 290 Å². The zero-order chi connectivity index (χ0) is 59.9. The van der Waals surface area contributed by atoms with Gasteiger partial charge in [0, 0.05) is 69.5 Å². The SMILES string of the molecule is C.C.C.C.C.CC.CC(=O)N(C)C.CC(C)(C)O.CC(C)(F)F.CC(C)(F)F.CC(C)=O.CC(C)C.CCC.CCC.CCC(C)(C)O.CCC(C)C.CCCC.CCCO.CCOC.CNC(C)=O.COC. The fourth-order valence-electron chi connectivity index (χ4n) is 0. The maximum atomic E-state index is 11.0. The van der Waals surface area contributed by atoms with Crippen molar-refractivity contribution in [3.63, 3.8) is 0 Å². The molecule has 4 N–H and O–H groups in total. The molecule has 0 spiro atoms. The van der Waals surface area contributed by atoms with Gasteiger partial charge in [-0.05, 0) is 108 Å². The number of aliphatic hydroxyl groups is 3. The van der Waals surface area contributed by atoms with Crippen molar-refractivity contribution >= 4 is 17.6 Å². The predicted octanol–water partition coefficient (Wildman–Crippen LogP) is 19.6. The summed E-state index contributed by atoms with van der Waals surface area (Å²) in [5, 5.41) is 27.6. The molecule has 73 heavy (non-hydrogen) atoms. The lowest BCUT2D eigenvalue weighted by Crippen LogP contribution is -2.17. The number of rotatable bonds is 5. The minimum absolute atomic E-state index is 0. The molecule has 10 nitrogen and oxygen atoms in total. The Bertz CT molecular complexity index is 694. The Hall–Kier alpha value is -1.87. The molecule has 0 aromatic carbocycles. The highest BCUT2D eigenvalue weighted by molar-refractivity contribution is 5.72. The van der Waals surface area contributed by atoms with Gasteiger partial charge in [0.15, 0.2) is 0 Å². The standard InChI is InChI=1S/C5H12O.C5H12.C4H9NO.C4H10O.2C4H10.2C3H6F2.C3H7NO.C3H8O.C3H6O.C3H8O.2C3H8.C2H6O.C2H6.5CH4/c1-4-5(2,3)6;1-4-5(2)3;1-4(6)5(2)3;1-4(2,3)5;1-4(2)3;1-3-4-2;2*1-3(2,4)5;1-3(5)4-2;1-3-4-2;1-3(2)4;1-2-3-4;3*1-3-2;1-2;;;;;/h6H,4H2,1-3H3;5H,4H2,1-3H3;1-3H3;5H,1-3H3;4H,1-3H3;3-4H2,1-2H3;2*1-2H3;1-2H3,(H,4,5);3H2,1-2H3;1-2H3;4H,2-3H2,1H3;2*3H2,1-2H3;1-2H3;1-2H3;5*1H4. The molecule has 0 atom stereocenters. The number of aliphatic hydroxyl groups excluding tert-OH is 1. The first-order chi connectivity index (χ1) is 30.2. The van der Waals surface area contributed by atoms with E-state index in [1.54, 1.807) is 77.1 Å². The molecule has 0 rings (SSSR count). The second-order valence-electron chi connectivity index (χ2n) is 17.8. The second kappa shape index (κ2) is 123. The fraction of sp³-hybridized carbons (Fsp3) is 0.949. The first-order valence-electron chi connectivity index (χ1n) is 24.7. The van der Waals surface area contributed by atoms with Gasteiger partial charge in [-0.25, -0.2) is 17.6 Å². The van der Waals surface area contributed by atoms with Gasteiger partial charge in [-0.15, -0.1) is 0 Å². The number of carbonyl (C=O) groups is 3. The summed E-state index contributed by atoms with van der Waals surface area (Å²) in [4.78, 5) is 30.7. The number of methoxy groups -OCH3 is 2. The van der Waals surface area contributed by atoms with Crippen LogP contribution in [0.5, 0.6) is 0 Å².